The molecule has 0 unspecified atom stereocenters. The summed E-state index contributed by atoms with van der Waals surface area (Å²) in [5.74, 6) is 0.0702. The number of carbonyl (C=O) groups excluding carboxylic acids is 1. The normalized spacial score (nSPS) is 10.8. The molecule has 0 aliphatic rings. The van der Waals surface area contributed by atoms with Gasteiger partial charge in [0.2, 0.25) is 5.91 Å². The highest BCUT2D eigenvalue weighted by Gasteiger charge is 2.16. The highest BCUT2D eigenvalue weighted by Crippen LogP contribution is 2.21. The highest BCUT2D eigenvalue weighted by molar-refractivity contribution is 7.99. The van der Waals surface area contributed by atoms with Gasteiger partial charge in [0.25, 0.3) is 5.56 Å². The van der Waals surface area contributed by atoms with Crippen LogP contribution in [0.15, 0.2) is 52.5 Å². The number of hydrogen-bond donors (Lipinski definition) is 1. The number of thioether (sulfide) groups is 1. The summed E-state index contributed by atoms with van der Waals surface area (Å²) in [5.41, 5.74) is 6.42. The third-order valence-corrected chi connectivity index (χ3v) is 4.24. The van der Waals surface area contributed by atoms with Crippen molar-refractivity contribution >= 4 is 28.6 Å². The molecule has 2 aromatic heterocycles. The molecule has 2 N–H and O–H groups in total. The molecule has 6 nitrogen and oxygen atoms in total. The fraction of sp³-hybridized carbons (Fsp3) is 0.125. The second-order valence-electron chi connectivity index (χ2n) is 4.95. The van der Waals surface area contributed by atoms with Gasteiger partial charge in [-0.1, -0.05) is 30.0 Å². The summed E-state index contributed by atoms with van der Waals surface area (Å²) in [6, 6.07) is 10.8. The predicted octanol–water partition coefficient (Wildman–Crippen LogP) is 1.67. The number of nitrogens with zero attached hydrogens (tertiary/aromatic N) is 3. The minimum absolute atomic E-state index is 0.0384. The van der Waals surface area contributed by atoms with Gasteiger partial charge < -0.3 is 5.73 Å². The van der Waals surface area contributed by atoms with Crippen molar-refractivity contribution in [2.75, 3.05) is 5.75 Å². The van der Waals surface area contributed by atoms with Gasteiger partial charge in [-0.3, -0.25) is 9.59 Å². The number of carbonyl (C=O) groups is 1. The number of amides is 1. The molecule has 23 heavy (non-hydrogen) atoms. The molecular weight excluding hydrogens is 312 g/mol. The van der Waals surface area contributed by atoms with Crippen molar-refractivity contribution < 1.29 is 4.79 Å². The molecule has 3 aromatic rings. The van der Waals surface area contributed by atoms with E-state index in [2.05, 4.69) is 9.97 Å². The highest BCUT2D eigenvalue weighted by atomic mass is 32.2. The maximum atomic E-state index is 12.9. The third-order valence-electron chi connectivity index (χ3n) is 3.28. The van der Waals surface area contributed by atoms with Crippen molar-refractivity contribution in [3.05, 3.63) is 58.5 Å². The molecule has 1 aromatic carbocycles. The second-order valence-corrected chi connectivity index (χ2v) is 5.89. The lowest BCUT2D eigenvalue weighted by Gasteiger charge is -2.13. The quantitative estimate of drug-likeness (QED) is 0.582. The summed E-state index contributed by atoms with van der Waals surface area (Å²) in [6.07, 6.45) is 1.62. The molecule has 1 amide bonds. The number of benzene rings is 1. The van der Waals surface area contributed by atoms with E-state index in [9.17, 15) is 9.59 Å². The first-order valence-electron chi connectivity index (χ1n) is 6.93. The monoisotopic (exact) mass is 326 g/mol. The predicted molar refractivity (Wildman–Crippen MR) is 89.8 cm³/mol. The Balaban J connectivity index is 2.30. The molecule has 0 bridgehead atoms. The molecule has 2 heterocycles. The van der Waals surface area contributed by atoms with E-state index in [1.807, 2.05) is 19.1 Å². The number of primary amides is 1. The number of fused-ring (bicyclic) bond motifs is 1. The fourth-order valence-corrected chi connectivity index (χ4v) is 2.98. The molecule has 0 radical (unpaired) electrons. The Morgan fingerprint density at radius 2 is 2.04 bits per heavy atom. The average molecular weight is 326 g/mol. The van der Waals surface area contributed by atoms with Crippen LogP contribution in [0.3, 0.4) is 0 Å². The molecular formula is C16H14N4O2S. The van der Waals surface area contributed by atoms with Crippen LogP contribution in [0.5, 0.6) is 0 Å². The smallest absolute Gasteiger partial charge is 0.267 e. The van der Waals surface area contributed by atoms with E-state index in [0.29, 0.717) is 21.9 Å². The number of para-hydroxylation sites is 1. The largest absolute Gasteiger partial charge is 0.369 e. The van der Waals surface area contributed by atoms with E-state index in [1.165, 1.54) is 4.57 Å². The van der Waals surface area contributed by atoms with Crippen LogP contribution in [0.25, 0.3) is 16.7 Å². The summed E-state index contributed by atoms with van der Waals surface area (Å²) in [4.78, 5) is 32.8. The fourth-order valence-electron chi connectivity index (χ4n) is 2.24. The summed E-state index contributed by atoms with van der Waals surface area (Å²) in [7, 11) is 0. The number of nitrogens with two attached hydrogens (primary N) is 1. The zero-order chi connectivity index (χ0) is 16.4. The van der Waals surface area contributed by atoms with Gasteiger partial charge in [0.15, 0.2) is 5.16 Å². The molecule has 0 aliphatic carbocycles. The van der Waals surface area contributed by atoms with Crippen molar-refractivity contribution in [2.45, 2.75) is 12.1 Å². The number of rotatable bonds is 4. The zero-order valence-electron chi connectivity index (χ0n) is 12.4. The first-order valence-corrected chi connectivity index (χ1v) is 7.91. The van der Waals surface area contributed by atoms with Crippen LogP contribution in [-0.2, 0) is 4.79 Å². The van der Waals surface area contributed by atoms with E-state index < -0.39 is 5.91 Å². The molecule has 0 spiro atoms. The van der Waals surface area contributed by atoms with E-state index in [0.717, 1.165) is 17.3 Å². The van der Waals surface area contributed by atoms with E-state index >= 15 is 0 Å². The Hall–Kier alpha value is -2.67. The Morgan fingerprint density at radius 3 is 2.78 bits per heavy atom. The summed E-state index contributed by atoms with van der Waals surface area (Å²) in [5, 5.41) is 0.898. The molecule has 0 atom stereocenters. The van der Waals surface area contributed by atoms with Crippen LogP contribution < -0.4 is 11.3 Å². The maximum Gasteiger partial charge on any atom is 0.267 e. The maximum absolute atomic E-state index is 12.9. The molecule has 0 fully saturated rings. The van der Waals surface area contributed by atoms with Gasteiger partial charge in [-0.25, -0.2) is 14.5 Å². The lowest BCUT2D eigenvalue weighted by Crippen LogP contribution is -2.24. The molecule has 0 aliphatic heterocycles. The van der Waals surface area contributed by atoms with Crippen LogP contribution in [0.1, 0.15) is 5.56 Å². The van der Waals surface area contributed by atoms with E-state index in [4.69, 9.17) is 5.73 Å². The number of pyridine rings is 1. The SMILES string of the molecule is Cc1cccnc1-n1c(SCC(N)=O)nc2ccccc2c1=O. The third kappa shape index (κ3) is 2.95. The van der Waals surface area contributed by atoms with Crippen LogP contribution in [-0.4, -0.2) is 26.2 Å². The first kappa shape index (κ1) is 15.2. The summed E-state index contributed by atoms with van der Waals surface area (Å²) >= 11 is 1.13. The van der Waals surface area contributed by atoms with Gasteiger partial charge in [0, 0.05) is 6.20 Å². The van der Waals surface area contributed by atoms with E-state index in [-0.39, 0.29) is 11.3 Å². The minimum Gasteiger partial charge on any atom is -0.369 e. The Morgan fingerprint density at radius 1 is 1.26 bits per heavy atom. The number of aryl methyl sites for hydroxylation is 1. The van der Waals surface area contributed by atoms with Crippen molar-refractivity contribution in [3.8, 4) is 5.82 Å². The van der Waals surface area contributed by atoms with Crippen molar-refractivity contribution in [2.24, 2.45) is 5.73 Å². The van der Waals surface area contributed by atoms with Crippen LogP contribution in [0.4, 0.5) is 0 Å². The van der Waals surface area contributed by atoms with E-state index in [1.54, 1.807) is 30.5 Å². The van der Waals surface area contributed by atoms with Crippen molar-refractivity contribution in [3.63, 3.8) is 0 Å². The standard InChI is InChI=1S/C16H14N4O2S/c1-10-5-4-8-18-14(10)20-15(22)11-6-2-3-7-12(11)19-16(20)23-9-13(17)21/h2-8H,9H2,1H3,(H2,17,21). The lowest BCUT2D eigenvalue weighted by atomic mass is 10.2. The van der Waals surface area contributed by atoms with Gasteiger partial charge in [0.1, 0.15) is 5.82 Å². The van der Waals surface area contributed by atoms with Gasteiger partial charge in [-0.2, -0.15) is 0 Å². The van der Waals surface area contributed by atoms with Gasteiger partial charge in [0.05, 0.1) is 16.7 Å². The van der Waals surface area contributed by atoms with Gasteiger partial charge in [-0.15, -0.1) is 0 Å². The van der Waals surface area contributed by atoms with Gasteiger partial charge in [-0.05, 0) is 30.7 Å². The molecule has 0 saturated heterocycles. The minimum atomic E-state index is -0.471. The molecule has 7 heteroatoms. The Labute approximate surface area is 136 Å². The number of hydrogen-bond acceptors (Lipinski definition) is 5. The van der Waals surface area contributed by atoms with Crippen molar-refractivity contribution in [1.29, 1.82) is 0 Å². The summed E-state index contributed by atoms with van der Waals surface area (Å²) in [6.45, 7) is 1.87. The first-order chi connectivity index (χ1) is 11.1. The number of aromatic nitrogens is 3. The molecule has 0 saturated carbocycles. The Bertz CT molecular complexity index is 952. The molecule has 116 valence electrons. The molecule has 3 rings (SSSR count). The van der Waals surface area contributed by atoms with Crippen molar-refractivity contribution in [1.82, 2.24) is 14.5 Å². The average Bonchev–Trinajstić information content (AvgIpc) is 2.54. The topological polar surface area (TPSA) is 90.9 Å². The van der Waals surface area contributed by atoms with Crippen LogP contribution in [0, 0.1) is 6.92 Å². The van der Waals surface area contributed by atoms with Gasteiger partial charge >= 0.3 is 0 Å². The van der Waals surface area contributed by atoms with Crippen LogP contribution >= 0.6 is 11.8 Å². The lowest BCUT2D eigenvalue weighted by molar-refractivity contribution is -0.115. The zero-order valence-corrected chi connectivity index (χ0v) is 13.2. The summed E-state index contributed by atoms with van der Waals surface area (Å²) < 4.78 is 1.44. The van der Waals surface area contributed by atoms with Crippen LogP contribution in [0.2, 0.25) is 0 Å². The second kappa shape index (κ2) is 6.21. The Kier molecular flexibility index (Phi) is 4.12.